The minimum Gasteiger partial charge on any atom is -0.388 e. The molecule has 8 nitrogen and oxygen atoms in total. The van der Waals surface area contributed by atoms with Crippen molar-refractivity contribution in [1.82, 2.24) is 4.90 Å². The fraction of sp³-hybridized carbons (Fsp3) is 0.200. The van der Waals surface area contributed by atoms with Crippen molar-refractivity contribution in [1.29, 1.82) is 0 Å². The van der Waals surface area contributed by atoms with Crippen LogP contribution in [0.4, 0.5) is 0 Å². The molecule has 5 aromatic rings. The molecule has 2 N–H and O–H groups in total. The van der Waals surface area contributed by atoms with E-state index in [4.69, 9.17) is 14.2 Å². The van der Waals surface area contributed by atoms with E-state index in [1.165, 1.54) is 0 Å². The Balaban J connectivity index is 1.24. The zero-order chi connectivity index (χ0) is 33.1. The predicted molar refractivity (Wildman–Crippen MR) is 178 cm³/mol. The first-order valence-corrected chi connectivity index (χ1v) is 15.9. The first kappa shape index (κ1) is 31.6. The number of fused-ring (bicyclic) bond motifs is 1. The highest BCUT2D eigenvalue weighted by molar-refractivity contribution is 6.21. The first-order valence-electron chi connectivity index (χ1n) is 15.9. The Bertz CT molecular complexity index is 1720. The van der Waals surface area contributed by atoms with Crippen LogP contribution in [0.3, 0.4) is 0 Å². The van der Waals surface area contributed by atoms with Crippen molar-refractivity contribution >= 4 is 11.8 Å². The number of hydrogen-bond donors (Lipinski definition) is 2. The average Bonchev–Trinajstić information content (AvgIpc) is 3.40. The van der Waals surface area contributed by atoms with Gasteiger partial charge >= 0.3 is 0 Å². The van der Waals surface area contributed by atoms with E-state index < -0.39 is 48.1 Å². The SMILES string of the molecule is O=C1c2ccccc2C(=O)N1[C@H]1[C@H](OCc2ccccc2)O[C@H](COC(c2ccccc2)(c2ccccc2)c2ccccc2)[C@@H](O)[C@@H]1O. The van der Waals surface area contributed by atoms with Crippen LogP contribution in [0, 0.1) is 0 Å². The summed E-state index contributed by atoms with van der Waals surface area (Å²) in [5.74, 6) is -1.18. The second-order valence-corrected chi connectivity index (χ2v) is 11.9. The van der Waals surface area contributed by atoms with Gasteiger partial charge in [-0.3, -0.25) is 14.5 Å². The maximum Gasteiger partial charge on any atom is 0.262 e. The van der Waals surface area contributed by atoms with Crippen molar-refractivity contribution in [2.45, 2.75) is 42.9 Å². The van der Waals surface area contributed by atoms with Crippen LogP contribution >= 0.6 is 0 Å². The molecule has 242 valence electrons. The summed E-state index contributed by atoms with van der Waals surface area (Å²) < 4.78 is 19.6. The predicted octanol–water partition coefficient (Wildman–Crippen LogP) is 5.32. The third-order valence-electron chi connectivity index (χ3n) is 9.05. The van der Waals surface area contributed by atoms with E-state index in [0.717, 1.165) is 27.2 Å². The van der Waals surface area contributed by atoms with E-state index in [2.05, 4.69) is 0 Å². The van der Waals surface area contributed by atoms with Crippen LogP contribution in [0.2, 0.25) is 0 Å². The van der Waals surface area contributed by atoms with Crippen LogP contribution in [0.1, 0.15) is 43.0 Å². The Hall–Kier alpha value is -4.96. The van der Waals surface area contributed by atoms with Gasteiger partial charge in [-0.2, -0.15) is 0 Å². The second-order valence-electron chi connectivity index (χ2n) is 11.9. The van der Waals surface area contributed by atoms with Crippen molar-refractivity contribution in [3.8, 4) is 0 Å². The van der Waals surface area contributed by atoms with Gasteiger partial charge in [0.2, 0.25) is 0 Å². The van der Waals surface area contributed by atoms with Crippen molar-refractivity contribution in [2.75, 3.05) is 6.61 Å². The number of carbonyl (C=O) groups excluding carboxylic acids is 2. The van der Waals surface area contributed by atoms with Gasteiger partial charge in [0.05, 0.1) is 24.3 Å². The van der Waals surface area contributed by atoms with E-state index in [9.17, 15) is 19.8 Å². The maximum atomic E-state index is 13.6. The fourth-order valence-corrected chi connectivity index (χ4v) is 6.67. The zero-order valence-electron chi connectivity index (χ0n) is 26.0. The Labute approximate surface area is 278 Å². The lowest BCUT2D eigenvalue weighted by molar-refractivity contribution is -0.288. The Morgan fingerprint density at radius 2 is 1.04 bits per heavy atom. The highest BCUT2D eigenvalue weighted by Gasteiger charge is 2.54. The van der Waals surface area contributed by atoms with Gasteiger partial charge in [0.25, 0.3) is 11.8 Å². The first-order chi connectivity index (χ1) is 23.5. The molecule has 0 spiro atoms. The molecule has 2 heterocycles. The summed E-state index contributed by atoms with van der Waals surface area (Å²) in [5, 5.41) is 23.3. The summed E-state index contributed by atoms with van der Waals surface area (Å²) >= 11 is 0. The molecule has 2 amide bonds. The standard InChI is InChI=1S/C40H35NO7/c42-35-33(26-47-40(28-17-7-2-8-18-28,29-19-9-3-10-20-29)30-21-11-4-12-22-30)48-39(46-25-27-15-5-1-6-16-27)34(36(35)43)41-37(44)31-23-13-14-24-32(31)38(41)45/h1-24,33-36,39,42-43H,25-26H2/t33-,34-,35-,36-,39-/m1/s1. The summed E-state index contributed by atoms with van der Waals surface area (Å²) in [6.07, 6.45) is -5.51. The van der Waals surface area contributed by atoms with Gasteiger partial charge in [-0.1, -0.05) is 133 Å². The van der Waals surface area contributed by atoms with Crippen molar-refractivity contribution in [3.05, 3.63) is 179 Å². The monoisotopic (exact) mass is 641 g/mol. The van der Waals surface area contributed by atoms with E-state index >= 15 is 0 Å². The minimum atomic E-state index is -1.60. The molecule has 1 fully saturated rings. The summed E-state index contributed by atoms with van der Waals surface area (Å²) in [7, 11) is 0. The number of amides is 2. The van der Waals surface area contributed by atoms with Gasteiger partial charge in [-0.15, -0.1) is 0 Å². The molecule has 1 saturated heterocycles. The van der Waals surface area contributed by atoms with E-state index in [1.807, 2.05) is 121 Å². The molecule has 2 aliphatic heterocycles. The van der Waals surface area contributed by atoms with Crippen LogP contribution in [0.25, 0.3) is 0 Å². The van der Waals surface area contributed by atoms with Crippen molar-refractivity contribution in [2.24, 2.45) is 0 Å². The molecule has 8 heteroatoms. The van der Waals surface area contributed by atoms with Gasteiger partial charge in [0.15, 0.2) is 6.29 Å². The highest BCUT2D eigenvalue weighted by Crippen LogP contribution is 2.41. The molecule has 0 radical (unpaired) electrons. The number of benzene rings is 5. The molecule has 0 aliphatic carbocycles. The lowest BCUT2D eigenvalue weighted by atomic mass is 9.80. The molecule has 0 saturated carbocycles. The summed E-state index contributed by atoms with van der Waals surface area (Å²) in [5.41, 5.74) is 2.71. The molecular weight excluding hydrogens is 606 g/mol. The minimum absolute atomic E-state index is 0.0730. The second kappa shape index (κ2) is 13.6. The number of imide groups is 1. The summed E-state index contributed by atoms with van der Waals surface area (Å²) in [6, 6.07) is 43.9. The van der Waals surface area contributed by atoms with E-state index in [0.29, 0.717) is 0 Å². The third kappa shape index (κ3) is 5.74. The van der Waals surface area contributed by atoms with Crippen LogP contribution in [-0.4, -0.2) is 64.2 Å². The summed E-state index contributed by atoms with van der Waals surface area (Å²) in [6.45, 7) is -0.0967. The third-order valence-corrected chi connectivity index (χ3v) is 9.05. The van der Waals surface area contributed by atoms with Crippen LogP contribution in [-0.2, 0) is 26.4 Å². The topological polar surface area (TPSA) is 106 Å². The highest BCUT2D eigenvalue weighted by atomic mass is 16.7. The number of aliphatic hydroxyl groups is 2. The number of aliphatic hydroxyl groups excluding tert-OH is 2. The molecule has 5 atom stereocenters. The number of rotatable bonds is 10. The number of hydrogen-bond acceptors (Lipinski definition) is 7. The molecular formula is C40H35NO7. The lowest BCUT2D eigenvalue weighted by Gasteiger charge is -2.46. The molecule has 0 unspecified atom stereocenters. The lowest BCUT2D eigenvalue weighted by Crippen LogP contribution is -2.66. The molecule has 0 bridgehead atoms. The van der Waals surface area contributed by atoms with Crippen LogP contribution in [0.15, 0.2) is 146 Å². The maximum absolute atomic E-state index is 13.6. The van der Waals surface area contributed by atoms with Crippen molar-refractivity contribution < 1.29 is 34.0 Å². The molecule has 2 aliphatic rings. The number of ether oxygens (including phenoxy) is 3. The van der Waals surface area contributed by atoms with Gasteiger partial charge in [-0.25, -0.2) is 0 Å². The normalized spacial score (nSPS) is 22.5. The molecule has 48 heavy (non-hydrogen) atoms. The van der Waals surface area contributed by atoms with Crippen LogP contribution < -0.4 is 0 Å². The van der Waals surface area contributed by atoms with Gasteiger partial charge in [0.1, 0.15) is 30.0 Å². The van der Waals surface area contributed by atoms with Crippen LogP contribution in [0.5, 0.6) is 0 Å². The Kier molecular flexibility index (Phi) is 8.99. The van der Waals surface area contributed by atoms with Crippen molar-refractivity contribution in [3.63, 3.8) is 0 Å². The van der Waals surface area contributed by atoms with Gasteiger partial charge in [0, 0.05) is 0 Å². The average molecular weight is 642 g/mol. The largest absolute Gasteiger partial charge is 0.388 e. The number of carbonyl (C=O) groups is 2. The molecule has 7 rings (SSSR count). The Morgan fingerprint density at radius 3 is 1.52 bits per heavy atom. The smallest absolute Gasteiger partial charge is 0.262 e. The number of nitrogens with zero attached hydrogens (tertiary/aromatic N) is 1. The van der Waals surface area contributed by atoms with Gasteiger partial charge < -0.3 is 24.4 Å². The fourth-order valence-electron chi connectivity index (χ4n) is 6.67. The summed E-state index contributed by atoms with van der Waals surface area (Å²) in [4.78, 5) is 28.1. The molecule has 0 aromatic heterocycles. The zero-order valence-corrected chi connectivity index (χ0v) is 26.0. The van der Waals surface area contributed by atoms with E-state index in [1.54, 1.807) is 24.3 Å². The Morgan fingerprint density at radius 1 is 0.604 bits per heavy atom. The van der Waals surface area contributed by atoms with E-state index in [-0.39, 0.29) is 24.3 Å². The molecule has 5 aromatic carbocycles. The van der Waals surface area contributed by atoms with Gasteiger partial charge in [-0.05, 0) is 34.4 Å². The quantitative estimate of drug-likeness (QED) is 0.157.